The van der Waals surface area contributed by atoms with Gasteiger partial charge in [0.05, 0.1) is 6.61 Å². The van der Waals surface area contributed by atoms with Crippen LogP contribution < -0.4 is 0 Å². The molecule has 47 valence electrons. The van der Waals surface area contributed by atoms with E-state index < -0.39 is 0 Å². The Kier molecular flexibility index (Phi) is 2.70. The van der Waals surface area contributed by atoms with E-state index in [1.54, 1.807) is 0 Å². The Bertz CT molecular complexity index is 61.5. The van der Waals surface area contributed by atoms with Crippen molar-refractivity contribution in [1.82, 2.24) is 0 Å². The van der Waals surface area contributed by atoms with Gasteiger partial charge >= 0.3 is 0 Å². The molecule has 1 aliphatic heterocycles. The van der Waals surface area contributed by atoms with E-state index in [1.165, 1.54) is 12.2 Å². The molecule has 0 aromatic rings. The highest BCUT2D eigenvalue weighted by atomic mass is 32.2. The predicted molar refractivity (Wildman–Crippen MR) is 35.7 cm³/mol. The number of hydrogen-bond acceptors (Lipinski definition) is 1. The Morgan fingerprint density at radius 1 is 1.62 bits per heavy atom. The second kappa shape index (κ2) is 3.36. The molecule has 0 aromatic heterocycles. The third-order valence-corrected chi connectivity index (χ3v) is 2.88. The minimum Gasteiger partial charge on any atom is -0.237 e. The van der Waals surface area contributed by atoms with Crippen LogP contribution in [0.5, 0.6) is 0 Å². The summed E-state index contributed by atoms with van der Waals surface area (Å²) in [6, 6.07) is 0. The molecule has 0 spiro atoms. The summed E-state index contributed by atoms with van der Waals surface area (Å²) in [6.07, 6.45) is 3.40. The minimum atomic E-state index is 0.122. The summed E-state index contributed by atoms with van der Waals surface area (Å²) in [4.78, 5) is 0. The first-order chi connectivity index (χ1) is 3.93. The van der Waals surface area contributed by atoms with Gasteiger partial charge in [0, 0.05) is 5.25 Å². The Labute approximate surface area is 54.5 Å². The average molecular weight is 131 g/mol. The molecule has 1 rings (SSSR count). The van der Waals surface area contributed by atoms with Gasteiger partial charge in [0.2, 0.25) is 0 Å². The fraction of sp³-hybridized carbons (Fsp3) is 1.00. The van der Waals surface area contributed by atoms with E-state index in [0.29, 0.717) is 0 Å². The van der Waals surface area contributed by atoms with Crippen LogP contribution in [0.2, 0.25) is 0 Å². The molecule has 1 nitrogen and oxygen atoms in total. The highest BCUT2D eigenvalue weighted by Crippen LogP contribution is 2.30. The molecule has 1 unspecified atom stereocenters. The van der Waals surface area contributed by atoms with Gasteiger partial charge in [-0.05, 0) is 25.0 Å². The first-order valence-corrected chi connectivity index (χ1v) is 4.18. The van der Waals surface area contributed by atoms with Crippen molar-refractivity contribution >= 4 is 11.8 Å². The molecule has 0 N–H and O–H groups in total. The van der Waals surface area contributed by atoms with Crippen LogP contribution in [0, 0.1) is 0 Å². The quantitative estimate of drug-likeness (QED) is 0.570. The molecule has 1 aliphatic rings. The average Bonchev–Trinajstić information content (AvgIpc) is 1.63. The summed E-state index contributed by atoms with van der Waals surface area (Å²) < 4.78 is 0. The van der Waals surface area contributed by atoms with E-state index >= 15 is 0 Å². The largest absolute Gasteiger partial charge is 0.237 e. The zero-order chi connectivity index (χ0) is 5.82. The molecular formula is C6H11OS. The van der Waals surface area contributed by atoms with Crippen LogP contribution in [0.4, 0.5) is 0 Å². The molecule has 1 fully saturated rings. The van der Waals surface area contributed by atoms with E-state index in [0.717, 1.165) is 18.1 Å². The normalized spacial score (nSPS) is 27.4. The molecule has 1 heterocycles. The Morgan fingerprint density at radius 2 is 2.38 bits per heavy atom. The van der Waals surface area contributed by atoms with Crippen molar-refractivity contribution < 1.29 is 5.11 Å². The maximum absolute atomic E-state index is 9.97. The standard InChI is InChI=1S/C6H11OS/c7-4-1-2-6-3-5-8-6/h6H,1-5H2. The van der Waals surface area contributed by atoms with Crippen LogP contribution in [0.1, 0.15) is 19.3 Å². The van der Waals surface area contributed by atoms with Crippen molar-refractivity contribution in [2.24, 2.45) is 0 Å². The number of thioether (sulfide) groups is 1. The van der Waals surface area contributed by atoms with E-state index in [-0.39, 0.29) is 6.61 Å². The zero-order valence-electron chi connectivity index (χ0n) is 4.93. The molecule has 1 atom stereocenters. The van der Waals surface area contributed by atoms with Crippen LogP contribution in [0.25, 0.3) is 0 Å². The summed E-state index contributed by atoms with van der Waals surface area (Å²) in [7, 11) is 0. The molecule has 0 saturated carbocycles. The molecule has 0 amide bonds. The summed E-state index contributed by atoms with van der Waals surface area (Å²) >= 11 is 2.01. The third kappa shape index (κ3) is 1.67. The van der Waals surface area contributed by atoms with Crippen LogP contribution in [-0.4, -0.2) is 17.6 Å². The molecule has 0 bridgehead atoms. The van der Waals surface area contributed by atoms with E-state index in [2.05, 4.69) is 0 Å². The number of rotatable bonds is 3. The first kappa shape index (κ1) is 6.43. The lowest BCUT2D eigenvalue weighted by atomic mass is 10.2. The predicted octanol–water partition coefficient (Wildman–Crippen LogP) is 1.70. The van der Waals surface area contributed by atoms with Crippen molar-refractivity contribution in [1.29, 1.82) is 0 Å². The Hall–Kier alpha value is 0.310. The van der Waals surface area contributed by atoms with E-state index in [9.17, 15) is 5.11 Å². The summed E-state index contributed by atoms with van der Waals surface area (Å²) in [6.45, 7) is 0.122. The lowest BCUT2D eigenvalue weighted by Gasteiger charge is -2.23. The monoisotopic (exact) mass is 131 g/mol. The van der Waals surface area contributed by atoms with Gasteiger partial charge in [-0.1, -0.05) is 0 Å². The molecule has 1 saturated heterocycles. The zero-order valence-corrected chi connectivity index (χ0v) is 5.75. The van der Waals surface area contributed by atoms with Gasteiger partial charge in [-0.25, -0.2) is 5.11 Å². The smallest absolute Gasteiger partial charge is 0.0822 e. The first-order valence-electron chi connectivity index (χ1n) is 3.13. The minimum absolute atomic E-state index is 0.122. The van der Waals surface area contributed by atoms with Gasteiger partial charge in [0.15, 0.2) is 0 Å². The third-order valence-electron chi connectivity index (χ3n) is 1.46. The van der Waals surface area contributed by atoms with E-state index in [4.69, 9.17) is 0 Å². The SMILES string of the molecule is [O]CCCC1CCS1. The van der Waals surface area contributed by atoms with Gasteiger partial charge in [0.1, 0.15) is 0 Å². The summed E-state index contributed by atoms with van der Waals surface area (Å²) in [5.41, 5.74) is 0. The van der Waals surface area contributed by atoms with Crippen molar-refractivity contribution in [3.63, 3.8) is 0 Å². The van der Waals surface area contributed by atoms with Crippen LogP contribution in [0.15, 0.2) is 0 Å². The summed E-state index contributed by atoms with van der Waals surface area (Å²) in [5.74, 6) is 1.32. The van der Waals surface area contributed by atoms with Crippen molar-refractivity contribution in [2.45, 2.75) is 24.5 Å². The Morgan fingerprint density at radius 3 is 2.75 bits per heavy atom. The van der Waals surface area contributed by atoms with Crippen molar-refractivity contribution in [3.8, 4) is 0 Å². The van der Waals surface area contributed by atoms with Crippen molar-refractivity contribution in [3.05, 3.63) is 0 Å². The highest BCUT2D eigenvalue weighted by Gasteiger charge is 2.16. The van der Waals surface area contributed by atoms with Gasteiger partial charge in [0.25, 0.3) is 0 Å². The van der Waals surface area contributed by atoms with Crippen LogP contribution in [0.3, 0.4) is 0 Å². The lowest BCUT2D eigenvalue weighted by molar-refractivity contribution is 0.186. The summed E-state index contributed by atoms with van der Waals surface area (Å²) in [5, 5.41) is 10.8. The highest BCUT2D eigenvalue weighted by molar-refractivity contribution is 8.01. The Balaban J connectivity index is 1.86. The molecule has 1 radical (unpaired) electrons. The van der Waals surface area contributed by atoms with Gasteiger partial charge in [-0.3, -0.25) is 0 Å². The molecule has 0 aromatic carbocycles. The second-order valence-corrected chi connectivity index (χ2v) is 3.54. The van der Waals surface area contributed by atoms with Crippen LogP contribution in [-0.2, 0) is 5.11 Å². The maximum atomic E-state index is 9.97. The topological polar surface area (TPSA) is 19.9 Å². The fourth-order valence-electron chi connectivity index (χ4n) is 0.823. The van der Waals surface area contributed by atoms with Crippen molar-refractivity contribution in [2.75, 3.05) is 12.4 Å². The molecule has 2 heteroatoms. The number of hydrogen-bond donors (Lipinski definition) is 0. The molecule has 8 heavy (non-hydrogen) atoms. The van der Waals surface area contributed by atoms with Gasteiger partial charge in [-0.2, -0.15) is 11.8 Å². The lowest BCUT2D eigenvalue weighted by Crippen LogP contribution is -2.15. The van der Waals surface area contributed by atoms with E-state index in [1.807, 2.05) is 11.8 Å². The molecule has 0 aliphatic carbocycles. The van der Waals surface area contributed by atoms with Gasteiger partial charge < -0.3 is 0 Å². The maximum Gasteiger partial charge on any atom is 0.0822 e. The molecular weight excluding hydrogens is 120 g/mol. The second-order valence-electron chi connectivity index (χ2n) is 2.13. The van der Waals surface area contributed by atoms with Gasteiger partial charge in [-0.15, -0.1) is 0 Å². The van der Waals surface area contributed by atoms with Crippen LogP contribution >= 0.6 is 11.8 Å². The fourth-order valence-corrected chi connectivity index (χ4v) is 1.73.